The lowest BCUT2D eigenvalue weighted by molar-refractivity contribution is -0.136. The molecule has 1 heterocycles. The molecule has 2 N–H and O–H groups in total. The molecule has 128 valence electrons. The van der Waals surface area contributed by atoms with Crippen molar-refractivity contribution in [1.29, 1.82) is 0 Å². The molecule has 7 heteroatoms. The first-order valence-corrected chi connectivity index (χ1v) is 8.17. The molecule has 2 amide bonds. The number of hydrogen-bond acceptors (Lipinski definition) is 4. The van der Waals surface area contributed by atoms with Crippen LogP contribution < -0.4 is 10.6 Å². The van der Waals surface area contributed by atoms with Crippen molar-refractivity contribution in [1.82, 2.24) is 5.32 Å². The minimum Gasteiger partial charge on any atom is -0.374 e. The summed E-state index contributed by atoms with van der Waals surface area (Å²) in [6.45, 7) is 3.77. The number of anilines is 1. The van der Waals surface area contributed by atoms with Crippen molar-refractivity contribution in [2.45, 2.75) is 20.0 Å². The van der Waals surface area contributed by atoms with Gasteiger partial charge in [0.05, 0.1) is 0 Å². The van der Waals surface area contributed by atoms with Crippen LogP contribution in [0, 0.1) is 19.7 Å². The van der Waals surface area contributed by atoms with E-state index in [9.17, 15) is 14.0 Å². The van der Waals surface area contributed by atoms with Crippen molar-refractivity contribution >= 4 is 28.8 Å². The van der Waals surface area contributed by atoms with Crippen molar-refractivity contribution in [3.63, 3.8) is 0 Å². The number of carbonyl (C=O) groups excluding carboxylic acids is 2. The van der Waals surface area contributed by atoms with E-state index in [0.717, 1.165) is 9.75 Å². The number of halogens is 1. The third kappa shape index (κ3) is 4.62. The van der Waals surface area contributed by atoms with E-state index in [1.807, 2.05) is 19.1 Å². The maximum Gasteiger partial charge on any atom is 0.313 e. The highest BCUT2D eigenvalue weighted by Crippen LogP contribution is 2.24. The van der Waals surface area contributed by atoms with Crippen LogP contribution in [-0.4, -0.2) is 25.5 Å². The average molecular weight is 350 g/mol. The van der Waals surface area contributed by atoms with Gasteiger partial charge in [-0.1, -0.05) is 6.07 Å². The zero-order valence-electron chi connectivity index (χ0n) is 13.7. The number of aryl methyl sites for hydroxylation is 2. The first-order valence-electron chi connectivity index (χ1n) is 7.35. The quantitative estimate of drug-likeness (QED) is 0.815. The third-order valence-corrected chi connectivity index (χ3v) is 4.54. The molecule has 0 aliphatic carbocycles. The molecule has 0 saturated heterocycles. The Balaban J connectivity index is 1.91. The van der Waals surface area contributed by atoms with Gasteiger partial charge in [-0.15, -0.1) is 11.3 Å². The SMILES string of the molecule is COC(CNC(=O)C(=O)Nc1ccc(C)c(F)c1)c1ccc(C)s1. The molecule has 0 fully saturated rings. The van der Waals surface area contributed by atoms with E-state index in [4.69, 9.17) is 4.74 Å². The van der Waals surface area contributed by atoms with Crippen LogP contribution in [0.5, 0.6) is 0 Å². The summed E-state index contributed by atoms with van der Waals surface area (Å²) in [6.07, 6.45) is -0.322. The van der Waals surface area contributed by atoms with Gasteiger partial charge in [0.15, 0.2) is 0 Å². The second-order valence-corrected chi connectivity index (χ2v) is 6.62. The Morgan fingerprint density at radius 1 is 1.21 bits per heavy atom. The van der Waals surface area contributed by atoms with Crippen molar-refractivity contribution in [3.05, 3.63) is 51.5 Å². The van der Waals surface area contributed by atoms with E-state index in [0.29, 0.717) is 5.56 Å². The van der Waals surface area contributed by atoms with E-state index in [2.05, 4.69) is 10.6 Å². The van der Waals surface area contributed by atoms with Crippen LogP contribution in [0.15, 0.2) is 30.3 Å². The molecule has 0 aliphatic heterocycles. The van der Waals surface area contributed by atoms with Gasteiger partial charge >= 0.3 is 11.8 Å². The maximum atomic E-state index is 13.5. The summed E-state index contributed by atoms with van der Waals surface area (Å²) in [6, 6.07) is 8.13. The summed E-state index contributed by atoms with van der Waals surface area (Å²) in [5.74, 6) is -2.09. The van der Waals surface area contributed by atoms with Gasteiger partial charge in [-0.2, -0.15) is 0 Å². The molecule has 1 aromatic heterocycles. The summed E-state index contributed by atoms with van der Waals surface area (Å²) in [5.41, 5.74) is 0.696. The van der Waals surface area contributed by atoms with Gasteiger partial charge in [0.25, 0.3) is 0 Å². The van der Waals surface area contributed by atoms with E-state index in [1.165, 1.54) is 18.2 Å². The number of benzene rings is 1. The molecule has 2 rings (SSSR count). The number of methoxy groups -OCH3 is 1. The van der Waals surface area contributed by atoms with Crippen LogP contribution in [0.2, 0.25) is 0 Å². The van der Waals surface area contributed by atoms with Crippen molar-refractivity contribution in [2.75, 3.05) is 19.0 Å². The lowest BCUT2D eigenvalue weighted by atomic mass is 10.2. The molecule has 1 unspecified atom stereocenters. The molecule has 0 spiro atoms. The highest BCUT2D eigenvalue weighted by atomic mass is 32.1. The first-order chi connectivity index (χ1) is 11.4. The Kier molecular flexibility index (Phi) is 6.05. The van der Waals surface area contributed by atoms with Gasteiger partial charge in [0.2, 0.25) is 0 Å². The summed E-state index contributed by atoms with van der Waals surface area (Å²) in [5, 5.41) is 4.89. The predicted octanol–water partition coefficient (Wildman–Crippen LogP) is 2.95. The number of carbonyl (C=O) groups is 2. The monoisotopic (exact) mass is 350 g/mol. The Bertz CT molecular complexity index is 745. The summed E-state index contributed by atoms with van der Waals surface area (Å²) >= 11 is 1.57. The Morgan fingerprint density at radius 3 is 2.54 bits per heavy atom. The largest absolute Gasteiger partial charge is 0.374 e. The molecule has 0 radical (unpaired) electrons. The zero-order valence-corrected chi connectivity index (χ0v) is 14.5. The van der Waals surface area contributed by atoms with E-state index in [-0.39, 0.29) is 18.3 Å². The fraction of sp³-hybridized carbons (Fsp3) is 0.294. The van der Waals surface area contributed by atoms with Crippen molar-refractivity contribution in [2.24, 2.45) is 0 Å². The first kappa shape index (κ1) is 18.1. The zero-order chi connectivity index (χ0) is 17.7. The van der Waals surface area contributed by atoms with Gasteiger partial charge in [0, 0.05) is 29.1 Å². The Morgan fingerprint density at radius 2 is 1.96 bits per heavy atom. The predicted molar refractivity (Wildman–Crippen MR) is 91.6 cm³/mol. The molecule has 1 aromatic carbocycles. The van der Waals surface area contributed by atoms with Gasteiger partial charge in [0.1, 0.15) is 11.9 Å². The molecule has 0 saturated carbocycles. The van der Waals surface area contributed by atoms with Crippen LogP contribution in [-0.2, 0) is 14.3 Å². The summed E-state index contributed by atoms with van der Waals surface area (Å²) in [7, 11) is 1.54. The normalized spacial score (nSPS) is 11.8. The fourth-order valence-corrected chi connectivity index (χ4v) is 3.01. The highest BCUT2D eigenvalue weighted by Gasteiger charge is 2.18. The number of amides is 2. The number of nitrogens with one attached hydrogen (secondary N) is 2. The highest BCUT2D eigenvalue weighted by molar-refractivity contribution is 7.12. The van der Waals surface area contributed by atoms with Crippen LogP contribution >= 0.6 is 11.3 Å². The lowest BCUT2D eigenvalue weighted by Crippen LogP contribution is -2.37. The molecular weight excluding hydrogens is 331 g/mol. The van der Waals surface area contributed by atoms with Crippen LogP contribution in [0.4, 0.5) is 10.1 Å². The Labute approximate surface area is 143 Å². The van der Waals surface area contributed by atoms with E-state index < -0.39 is 17.6 Å². The number of ether oxygens (including phenoxy) is 1. The fourth-order valence-electron chi connectivity index (χ4n) is 2.05. The van der Waals surface area contributed by atoms with Gasteiger partial charge < -0.3 is 15.4 Å². The van der Waals surface area contributed by atoms with E-state index in [1.54, 1.807) is 25.4 Å². The summed E-state index contributed by atoms with van der Waals surface area (Å²) < 4.78 is 18.8. The average Bonchev–Trinajstić information content (AvgIpc) is 2.97. The van der Waals surface area contributed by atoms with Gasteiger partial charge in [-0.05, 0) is 43.7 Å². The molecule has 5 nitrogen and oxygen atoms in total. The smallest absolute Gasteiger partial charge is 0.313 e. The lowest BCUT2D eigenvalue weighted by Gasteiger charge is -2.14. The molecule has 0 bridgehead atoms. The second-order valence-electron chi connectivity index (χ2n) is 5.30. The van der Waals surface area contributed by atoms with E-state index >= 15 is 0 Å². The number of hydrogen-bond donors (Lipinski definition) is 2. The number of thiophene rings is 1. The Hall–Kier alpha value is -2.25. The molecule has 24 heavy (non-hydrogen) atoms. The molecule has 0 aliphatic rings. The second kappa shape index (κ2) is 8.03. The van der Waals surface area contributed by atoms with Crippen LogP contribution in [0.1, 0.15) is 21.4 Å². The molecular formula is C17H19FN2O3S. The summed E-state index contributed by atoms with van der Waals surface area (Å²) in [4.78, 5) is 25.9. The van der Waals surface area contributed by atoms with Gasteiger partial charge in [-0.3, -0.25) is 9.59 Å². The molecule has 1 atom stereocenters. The maximum absolute atomic E-state index is 13.5. The minimum absolute atomic E-state index is 0.172. The van der Waals surface area contributed by atoms with Crippen molar-refractivity contribution in [3.8, 4) is 0 Å². The standard InChI is InChI=1S/C17H19FN2O3S/c1-10-4-6-12(8-13(10)18)20-17(22)16(21)19-9-14(23-3)15-7-5-11(2)24-15/h4-8,14H,9H2,1-3H3,(H,19,21)(H,20,22). The van der Waals surface area contributed by atoms with Crippen LogP contribution in [0.3, 0.4) is 0 Å². The van der Waals surface area contributed by atoms with Gasteiger partial charge in [-0.25, -0.2) is 4.39 Å². The minimum atomic E-state index is -0.851. The topological polar surface area (TPSA) is 67.4 Å². The van der Waals surface area contributed by atoms with Crippen LogP contribution in [0.25, 0.3) is 0 Å². The third-order valence-electron chi connectivity index (χ3n) is 3.45. The molecule has 2 aromatic rings. The number of rotatable bonds is 5. The van der Waals surface area contributed by atoms with Crippen molar-refractivity contribution < 1.29 is 18.7 Å².